The Bertz CT molecular complexity index is 604. The fourth-order valence-electron chi connectivity index (χ4n) is 1.75. The molecule has 0 aliphatic rings. The summed E-state index contributed by atoms with van der Waals surface area (Å²) in [5.41, 5.74) is 8.19. The monoisotopic (exact) mass is 354 g/mol. The highest BCUT2D eigenvalue weighted by atomic mass is 79.9. The van der Waals surface area contributed by atoms with Crippen molar-refractivity contribution >= 4 is 44.6 Å². The van der Waals surface area contributed by atoms with Gasteiger partial charge < -0.3 is 15.8 Å². The average molecular weight is 356 g/mol. The number of anilines is 3. The summed E-state index contributed by atoms with van der Waals surface area (Å²) in [7, 11) is 0. The number of nitrogen functional groups attached to an aromatic ring is 1. The van der Waals surface area contributed by atoms with E-state index in [4.69, 9.17) is 22.1 Å². The topological polar surface area (TPSA) is 47.3 Å². The fourth-order valence-corrected chi connectivity index (χ4v) is 2.27. The van der Waals surface area contributed by atoms with Gasteiger partial charge in [0, 0.05) is 28.0 Å². The minimum atomic E-state index is 0.645. The number of ether oxygens (including phenoxy) is 1. The Balaban J connectivity index is 2.24. The molecule has 0 unspecified atom stereocenters. The normalized spacial score (nSPS) is 10.3. The van der Waals surface area contributed by atoms with E-state index < -0.39 is 0 Å². The summed E-state index contributed by atoms with van der Waals surface area (Å²) in [5.74, 6) is 0.750. The van der Waals surface area contributed by atoms with Crippen LogP contribution in [0.3, 0.4) is 0 Å². The minimum Gasteiger partial charge on any atom is -0.493 e. The first kappa shape index (κ1) is 15.0. The second-order valence-electron chi connectivity index (χ2n) is 4.39. The molecule has 0 spiro atoms. The molecule has 106 valence electrons. The molecule has 0 saturated carbocycles. The van der Waals surface area contributed by atoms with Gasteiger partial charge >= 0.3 is 0 Å². The van der Waals surface area contributed by atoms with Gasteiger partial charge in [0.05, 0.1) is 17.3 Å². The maximum Gasteiger partial charge on any atom is 0.123 e. The van der Waals surface area contributed by atoms with Gasteiger partial charge in [-0.15, -0.1) is 0 Å². The highest BCUT2D eigenvalue weighted by molar-refractivity contribution is 9.10. The molecule has 0 saturated heterocycles. The Morgan fingerprint density at radius 2 is 2.05 bits per heavy atom. The van der Waals surface area contributed by atoms with Crippen LogP contribution in [0.5, 0.6) is 5.75 Å². The third kappa shape index (κ3) is 4.05. The van der Waals surface area contributed by atoms with E-state index in [1.54, 1.807) is 0 Å². The van der Waals surface area contributed by atoms with E-state index in [9.17, 15) is 0 Å². The Hall–Kier alpha value is -1.39. The van der Waals surface area contributed by atoms with Crippen molar-refractivity contribution in [1.82, 2.24) is 0 Å². The van der Waals surface area contributed by atoms with Gasteiger partial charge in [-0.05, 0) is 30.7 Å². The lowest BCUT2D eigenvalue weighted by Gasteiger charge is -2.12. The van der Waals surface area contributed by atoms with E-state index in [0.29, 0.717) is 17.3 Å². The average Bonchev–Trinajstić information content (AvgIpc) is 2.40. The summed E-state index contributed by atoms with van der Waals surface area (Å²) in [6.45, 7) is 2.73. The van der Waals surface area contributed by atoms with Crippen molar-refractivity contribution in [2.45, 2.75) is 13.3 Å². The first-order chi connectivity index (χ1) is 9.58. The Morgan fingerprint density at radius 3 is 2.80 bits per heavy atom. The number of benzene rings is 2. The molecule has 0 amide bonds. The molecule has 3 N–H and O–H groups in total. The lowest BCUT2D eigenvalue weighted by Crippen LogP contribution is -1.98. The third-order valence-corrected chi connectivity index (χ3v) is 3.43. The van der Waals surface area contributed by atoms with Crippen LogP contribution in [0.15, 0.2) is 40.9 Å². The lowest BCUT2D eigenvalue weighted by atomic mass is 10.2. The maximum absolute atomic E-state index is 6.16. The summed E-state index contributed by atoms with van der Waals surface area (Å²) in [6, 6.07) is 11.2. The van der Waals surface area contributed by atoms with Crippen LogP contribution >= 0.6 is 27.5 Å². The van der Waals surface area contributed by atoms with Crippen molar-refractivity contribution in [3.63, 3.8) is 0 Å². The zero-order chi connectivity index (χ0) is 14.5. The van der Waals surface area contributed by atoms with Gasteiger partial charge in [-0.2, -0.15) is 0 Å². The van der Waals surface area contributed by atoms with E-state index in [0.717, 1.165) is 28.0 Å². The first-order valence-corrected chi connectivity index (χ1v) is 7.51. The van der Waals surface area contributed by atoms with Crippen molar-refractivity contribution in [3.8, 4) is 5.75 Å². The van der Waals surface area contributed by atoms with Gasteiger partial charge in [0.2, 0.25) is 0 Å². The van der Waals surface area contributed by atoms with Gasteiger partial charge in [-0.25, -0.2) is 0 Å². The smallest absolute Gasteiger partial charge is 0.123 e. The van der Waals surface area contributed by atoms with Gasteiger partial charge in [0.25, 0.3) is 0 Å². The number of halogens is 2. The molecular formula is C15H16BrClN2O. The molecule has 0 atom stereocenters. The second-order valence-corrected chi connectivity index (χ2v) is 5.71. The van der Waals surface area contributed by atoms with Crippen LogP contribution < -0.4 is 15.8 Å². The molecule has 3 nitrogen and oxygen atoms in total. The van der Waals surface area contributed by atoms with Crippen LogP contribution in [-0.4, -0.2) is 6.61 Å². The van der Waals surface area contributed by atoms with Crippen molar-refractivity contribution in [3.05, 3.63) is 45.9 Å². The number of rotatable bonds is 5. The van der Waals surface area contributed by atoms with Crippen LogP contribution in [0.25, 0.3) is 0 Å². The largest absolute Gasteiger partial charge is 0.493 e. The zero-order valence-corrected chi connectivity index (χ0v) is 13.5. The highest BCUT2D eigenvalue weighted by Crippen LogP contribution is 2.31. The van der Waals surface area contributed by atoms with E-state index >= 15 is 0 Å². The second kappa shape index (κ2) is 6.86. The molecule has 2 aromatic rings. The minimum absolute atomic E-state index is 0.645. The summed E-state index contributed by atoms with van der Waals surface area (Å²) < 4.78 is 6.56. The quantitative estimate of drug-likeness (QED) is 0.723. The lowest BCUT2D eigenvalue weighted by molar-refractivity contribution is 0.318. The van der Waals surface area contributed by atoms with Crippen LogP contribution in [0.1, 0.15) is 13.3 Å². The number of hydrogen-bond donors (Lipinski definition) is 2. The molecular weight excluding hydrogens is 340 g/mol. The molecule has 0 fully saturated rings. The van der Waals surface area contributed by atoms with Gasteiger partial charge in [-0.1, -0.05) is 34.5 Å². The standard InChI is InChI=1S/C15H16BrClN2O/c1-2-5-20-13-8-11(18)7-12(9-13)19-15-6-10(16)3-4-14(15)17/h3-4,6-9,19H,2,5,18H2,1H3. The number of hydrogen-bond acceptors (Lipinski definition) is 3. The molecule has 2 rings (SSSR count). The van der Waals surface area contributed by atoms with E-state index in [-0.39, 0.29) is 0 Å². The molecule has 0 bridgehead atoms. The molecule has 2 aromatic carbocycles. The SMILES string of the molecule is CCCOc1cc(N)cc(Nc2cc(Br)ccc2Cl)c1. The summed E-state index contributed by atoms with van der Waals surface area (Å²) >= 11 is 9.59. The van der Waals surface area contributed by atoms with Crippen LogP contribution in [0.4, 0.5) is 17.1 Å². The summed E-state index contributed by atoms with van der Waals surface area (Å²) in [5, 5.41) is 3.89. The van der Waals surface area contributed by atoms with Crippen LogP contribution in [0, 0.1) is 0 Å². The summed E-state index contributed by atoms with van der Waals surface area (Å²) in [4.78, 5) is 0. The molecule has 0 aromatic heterocycles. The molecule has 5 heteroatoms. The Kier molecular flexibility index (Phi) is 5.15. The molecule has 0 aliphatic carbocycles. The number of nitrogens with one attached hydrogen (secondary N) is 1. The highest BCUT2D eigenvalue weighted by Gasteiger charge is 2.04. The predicted molar refractivity (Wildman–Crippen MR) is 89.1 cm³/mol. The summed E-state index contributed by atoms with van der Waals surface area (Å²) in [6.07, 6.45) is 0.953. The molecule has 20 heavy (non-hydrogen) atoms. The zero-order valence-electron chi connectivity index (χ0n) is 11.1. The van der Waals surface area contributed by atoms with Crippen molar-refractivity contribution in [1.29, 1.82) is 0 Å². The molecule has 0 radical (unpaired) electrons. The van der Waals surface area contributed by atoms with E-state index in [2.05, 4.69) is 28.2 Å². The molecule has 0 heterocycles. The van der Waals surface area contributed by atoms with Crippen molar-refractivity contribution < 1.29 is 4.74 Å². The van der Waals surface area contributed by atoms with Crippen molar-refractivity contribution in [2.75, 3.05) is 17.7 Å². The Morgan fingerprint density at radius 1 is 1.25 bits per heavy atom. The first-order valence-electron chi connectivity index (χ1n) is 6.34. The Labute approximate surface area is 132 Å². The van der Waals surface area contributed by atoms with E-state index in [1.807, 2.05) is 36.4 Å². The van der Waals surface area contributed by atoms with Crippen LogP contribution in [-0.2, 0) is 0 Å². The van der Waals surface area contributed by atoms with Gasteiger partial charge in [-0.3, -0.25) is 0 Å². The predicted octanol–water partition coefficient (Wildman–Crippen LogP) is 5.22. The van der Waals surface area contributed by atoms with Crippen molar-refractivity contribution in [2.24, 2.45) is 0 Å². The maximum atomic E-state index is 6.16. The van der Waals surface area contributed by atoms with Gasteiger partial charge in [0.1, 0.15) is 5.75 Å². The van der Waals surface area contributed by atoms with Gasteiger partial charge in [0.15, 0.2) is 0 Å². The number of nitrogens with two attached hydrogens (primary N) is 1. The molecule has 0 aliphatic heterocycles. The van der Waals surface area contributed by atoms with Crippen LogP contribution in [0.2, 0.25) is 5.02 Å². The third-order valence-electron chi connectivity index (χ3n) is 2.61. The fraction of sp³-hybridized carbons (Fsp3) is 0.200. The van der Waals surface area contributed by atoms with E-state index in [1.165, 1.54) is 0 Å².